The highest BCUT2D eigenvalue weighted by molar-refractivity contribution is 5.67. The number of ether oxygens (including phenoxy) is 1. The average molecular weight is 242 g/mol. The van der Waals surface area contributed by atoms with E-state index in [9.17, 15) is 4.79 Å². The highest BCUT2D eigenvalue weighted by Crippen LogP contribution is 2.11. The van der Waals surface area contributed by atoms with Crippen LogP contribution in [0.15, 0.2) is 12.3 Å². The number of aromatic nitrogens is 2. The van der Waals surface area contributed by atoms with E-state index in [-0.39, 0.29) is 6.01 Å². The maximum absolute atomic E-state index is 11.4. The van der Waals surface area contributed by atoms with Crippen molar-refractivity contribution in [1.82, 2.24) is 15.2 Å². The second-order valence-corrected chi connectivity index (χ2v) is 3.08. The summed E-state index contributed by atoms with van der Waals surface area (Å²) in [5.41, 5.74) is 0. The lowest BCUT2D eigenvalue weighted by Crippen LogP contribution is -2.32. The molecule has 8 heteroatoms. The van der Waals surface area contributed by atoms with Crippen LogP contribution in [-0.4, -0.2) is 49.6 Å². The summed E-state index contributed by atoms with van der Waals surface area (Å²) in [6.45, 7) is 0. The van der Waals surface area contributed by atoms with E-state index in [2.05, 4.69) is 19.6 Å². The Labute approximate surface area is 98.6 Å². The fourth-order valence-corrected chi connectivity index (χ4v) is 0.969. The molecule has 1 aromatic rings. The predicted octanol–water partition coefficient (Wildman–Crippen LogP) is 0.466. The Kier molecular flexibility index (Phi) is 4.61. The van der Waals surface area contributed by atoms with Gasteiger partial charge < -0.3 is 9.64 Å². The lowest BCUT2D eigenvalue weighted by atomic mass is 10.5. The summed E-state index contributed by atoms with van der Waals surface area (Å²) in [5.74, 6) is 0.615. The molecule has 0 N–H and O–H groups in total. The SMILES string of the molecule is CON(OC)C(=O)Oc1nccc(N(C)C)n1. The van der Waals surface area contributed by atoms with Crippen molar-refractivity contribution in [3.63, 3.8) is 0 Å². The van der Waals surface area contributed by atoms with Crippen LogP contribution in [0.1, 0.15) is 0 Å². The summed E-state index contributed by atoms with van der Waals surface area (Å²) < 4.78 is 4.84. The minimum atomic E-state index is -0.870. The van der Waals surface area contributed by atoms with Crippen molar-refractivity contribution >= 4 is 11.9 Å². The molecule has 1 heterocycles. The smallest absolute Gasteiger partial charge is 0.371 e. The maximum atomic E-state index is 11.4. The van der Waals surface area contributed by atoms with E-state index in [0.717, 1.165) is 0 Å². The zero-order valence-corrected chi connectivity index (χ0v) is 10.1. The van der Waals surface area contributed by atoms with Crippen LogP contribution in [0.25, 0.3) is 0 Å². The Morgan fingerprint density at radius 1 is 1.29 bits per heavy atom. The molecule has 94 valence electrons. The fraction of sp³-hybridized carbons (Fsp3) is 0.444. The highest BCUT2D eigenvalue weighted by Gasteiger charge is 2.17. The number of hydrogen-bond donors (Lipinski definition) is 0. The third kappa shape index (κ3) is 3.54. The van der Waals surface area contributed by atoms with Crippen molar-refractivity contribution in [3.8, 4) is 6.01 Å². The van der Waals surface area contributed by atoms with Gasteiger partial charge in [0.05, 0.1) is 14.2 Å². The lowest BCUT2D eigenvalue weighted by molar-refractivity contribution is -0.305. The van der Waals surface area contributed by atoms with Gasteiger partial charge in [-0.05, 0) is 11.3 Å². The number of amides is 1. The van der Waals surface area contributed by atoms with Gasteiger partial charge in [0.2, 0.25) is 0 Å². The topological polar surface area (TPSA) is 77.0 Å². The molecule has 0 bridgehead atoms. The molecule has 0 aromatic carbocycles. The van der Waals surface area contributed by atoms with Crippen LogP contribution in [0.2, 0.25) is 0 Å². The maximum Gasteiger partial charge on any atom is 0.467 e. The Balaban J connectivity index is 2.74. The van der Waals surface area contributed by atoms with Gasteiger partial charge in [-0.15, -0.1) is 0 Å². The first kappa shape index (κ1) is 13.1. The van der Waals surface area contributed by atoms with Crippen molar-refractivity contribution in [3.05, 3.63) is 12.3 Å². The van der Waals surface area contributed by atoms with Gasteiger partial charge in [-0.1, -0.05) is 0 Å². The Morgan fingerprint density at radius 2 is 1.94 bits per heavy atom. The summed E-state index contributed by atoms with van der Waals surface area (Å²) in [6.07, 6.45) is 0.612. The summed E-state index contributed by atoms with van der Waals surface area (Å²) in [7, 11) is 6.15. The van der Waals surface area contributed by atoms with E-state index in [0.29, 0.717) is 11.0 Å². The first-order valence-electron chi connectivity index (χ1n) is 4.69. The van der Waals surface area contributed by atoms with E-state index in [4.69, 9.17) is 4.74 Å². The number of carbonyl (C=O) groups excluding carboxylic acids is 1. The summed E-state index contributed by atoms with van der Waals surface area (Å²) in [4.78, 5) is 30.1. The molecule has 0 aliphatic heterocycles. The number of hydrogen-bond acceptors (Lipinski definition) is 7. The molecule has 8 nitrogen and oxygen atoms in total. The molecule has 0 atom stereocenters. The molecule has 0 saturated heterocycles. The predicted molar refractivity (Wildman–Crippen MR) is 58.2 cm³/mol. The standard InChI is InChI=1S/C9H14N4O4/c1-12(2)7-5-6-10-8(11-7)17-9(14)13(15-3)16-4/h5-6H,1-4H3. The van der Waals surface area contributed by atoms with E-state index < -0.39 is 6.09 Å². The molecule has 0 aliphatic rings. The molecular weight excluding hydrogens is 228 g/mol. The first-order chi connectivity index (χ1) is 8.08. The molecule has 0 aliphatic carbocycles. The minimum Gasteiger partial charge on any atom is -0.371 e. The zero-order valence-electron chi connectivity index (χ0n) is 10.1. The highest BCUT2D eigenvalue weighted by atomic mass is 17.0. The second-order valence-electron chi connectivity index (χ2n) is 3.08. The van der Waals surface area contributed by atoms with Crippen LogP contribution in [0.4, 0.5) is 10.6 Å². The van der Waals surface area contributed by atoms with Crippen molar-refractivity contribution in [1.29, 1.82) is 0 Å². The molecule has 0 fully saturated rings. The monoisotopic (exact) mass is 242 g/mol. The first-order valence-corrected chi connectivity index (χ1v) is 4.69. The number of hydroxylamine groups is 2. The quantitative estimate of drug-likeness (QED) is 0.710. The summed E-state index contributed by atoms with van der Waals surface area (Å²) >= 11 is 0. The molecular formula is C9H14N4O4. The van der Waals surface area contributed by atoms with Crippen molar-refractivity contribution in [2.75, 3.05) is 33.2 Å². The van der Waals surface area contributed by atoms with Gasteiger partial charge in [0.25, 0.3) is 0 Å². The van der Waals surface area contributed by atoms with Crippen LogP contribution in [-0.2, 0) is 9.68 Å². The van der Waals surface area contributed by atoms with E-state index in [1.54, 1.807) is 11.0 Å². The third-order valence-electron chi connectivity index (χ3n) is 1.74. The van der Waals surface area contributed by atoms with Gasteiger partial charge in [-0.2, -0.15) is 4.98 Å². The Morgan fingerprint density at radius 3 is 2.47 bits per heavy atom. The normalized spacial score (nSPS) is 9.88. The molecule has 17 heavy (non-hydrogen) atoms. The molecule has 1 aromatic heterocycles. The van der Waals surface area contributed by atoms with Crippen LogP contribution >= 0.6 is 0 Å². The number of anilines is 1. The van der Waals surface area contributed by atoms with Crippen molar-refractivity contribution in [2.24, 2.45) is 0 Å². The van der Waals surface area contributed by atoms with Gasteiger partial charge in [-0.3, -0.25) is 0 Å². The summed E-state index contributed by atoms with van der Waals surface area (Å²) in [6, 6.07) is 1.60. The van der Waals surface area contributed by atoms with Gasteiger partial charge in [0, 0.05) is 20.3 Å². The zero-order chi connectivity index (χ0) is 12.8. The molecule has 0 spiro atoms. The fourth-order valence-electron chi connectivity index (χ4n) is 0.969. The number of carbonyl (C=O) groups is 1. The van der Waals surface area contributed by atoms with Gasteiger partial charge in [0.1, 0.15) is 5.82 Å². The van der Waals surface area contributed by atoms with Gasteiger partial charge in [-0.25, -0.2) is 19.5 Å². The number of rotatable bonds is 4. The van der Waals surface area contributed by atoms with Crippen molar-refractivity contribution < 1.29 is 19.2 Å². The van der Waals surface area contributed by atoms with Crippen molar-refractivity contribution in [2.45, 2.75) is 0 Å². The second kappa shape index (κ2) is 5.97. The van der Waals surface area contributed by atoms with Crippen LogP contribution < -0.4 is 9.64 Å². The largest absolute Gasteiger partial charge is 0.467 e. The Hall–Kier alpha value is -1.93. The average Bonchev–Trinajstić information content (AvgIpc) is 2.30. The molecule has 1 amide bonds. The third-order valence-corrected chi connectivity index (χ3v) is 1.74. The molecule has 0 unspecified atom stereocenters. The minimum absolute atomic E-state index is 0.0831. The number of nitrogens with zero attached hydrogens (tertiary/aromatic N) is 4. The molecule has 0 saturated carbocycles. The Bertz CT molecular complexity index is 381. The van der Waals surface area contributed by atoms with Gasteiger partial charge in [0.15, 0.2) is 0 Å². The van der Waals surface area contributed by atoms with Crippen LogP contribution in [0.5, 0.6) is 6.01 Å². The molecule has 0 radical (unpaired) electrons. The van der Waals surface area contributed by atoms with Gasteiger partial charge >= 0.3 is 12.1 Å². The molecule has 1 rings (SSSR count). The van der Waals surface area contributed by atoms with E-state index >= 15 is 0 Å². The lowest BCUT2D eigenvalue weighted by Gasteiger charge is -2.15. The van der Waals surface area contributed by atoms with Crippen LogP contribution in [0, 0.1) is 0 Å². The van der Waals surface area contributed by atoms with E-state index in [1.807, 2.05) is 14.1 Å². The van der Waals surface area contributed by atoms with Crippen LogP contribution in [0.3, 0.4) is 0 Å². The van der Waals surface area contributed by atoms with E-state index in [1.165, 1.54) is 20.4 Å². The summed E-state index contributed by atoms with van der Waals surface area (Å²) in [5, 5.41) is 0.561.